The van der Waals surface area contributed by atoms with E-state index >= 15 is 0 Å². The van der Waals surface area contributed by atoms with E-state index in [1.807, 2.05) is 41.3 Å². The lowest BCUT2D eigenvalue weighted by molar-refractivity contribution is -0.138. The Bertz CT molecular complexity index is 1580. The number of benzene rings is 2. The molecule has 5 rings (SSSR count). The van der Waals surface area contributed by atoms with Crippen LogP contribution < -0.4 is 16.0 Å². The number of rotatable bonds is 13. The van der Waals surface area contributed by atoms with Crippen molar-refractivity contribution in [3.8, 4) is 0 Å². The first kappa shape index (κ1) is 35.7. The van der Waals surface area contributed by atoms with Gasteiger partial charge in [-0.3, -0.25) is 28.8 Å². The minimum Gasteiger partial charge on any atom is -0.392 e. The molecule has 1 aliphatic carbocycles. The summed E-state index contributed by atoms with van der Waals surface area (Å²) in [5.41, 5.74) is 3.81. The molecule has 1 aromatic heterocycles. The van der Waals surface area contributed by atoms with Crippen LogP contribution in [-0.2, 0) is 41.0 Å². The van der Waals surface area contributed by atoms with Crippen LogP contribution in [0.5, 0.6) is 0 Å². The summed E-state index contributed by atoms with van der Waals surface area (Å²) in [6.07, 6.45) is 7.05. The van der Waals surface area contributed by atoms with Crippen LogP contribution >= 0.6 is 0 Å². The average molecular weight is 672 g/mol. The van der Waals surface area contributed by atoms with Crippen molar-refractivity contribution in [3.05, 3.63) is 83.2 Å². The molecule has 49 heavy (non-hydrogen) atoms. The van der Waals surface area contributed by atoms with E-state index in [2.05, 4.69) is 25.9 Å². The Hall–Kier alpha value is -4.55. The number of nitrogens with zero attached hydrogens (tertiary/aromatic N) is 4. The van der Waals surface area contributed by atoms with E-state index < -0.39 is 12.1 Å². The molecule has 0 spiro atoms. The molecule has 2 aliphatic rings. The fraction of sp³-hybridized carbons (Fsp3) is 0.486. The number of aromatic nitrogens is 2. The third-order valence-corrected chi connectivity index (χ3v) is 9.73. The van der Waals surface area contributed by atoms with Crippen LogP contribution in [0.15, 0.2) is 60.8 Å². The summed E-state index contributed by atoms with van der Waals surface area (Å²) in [5, 5.41) is 22.6. The van der Waals surface area contributed by atoms with Crippen LogP contribution in [-0.4, -0.2) is 86.6 Å². The first-order chi connectivity index (χ1) is 23.7. The number of aliphatic hydroxyl groups excluding tert-OH is 1. The van der Waals surface area contributed by atoms with Crippen LogP contribution in [0.25, 0.3) is 0 Å². The molecule has 4 amide bonds. The van der Waals surface area contributed by atoms with E-state index in [-0.39, 0.29) is 42.6 Å². The maximum Gasteiger partial charge on any atom is 0.270 e. The Morgan fingerprint density at radius 1 is 0.898 bits per heavy atom. The standard InChI is InChI=1S/C37H49N7O5/c1-3-33(46)40-31(37(49)44-21-19-43(20-22-44)24-28-11-7-8-12-29(28)25-45)23-26-13-15-30(16-14-26)39-36(48)34(27-9-5-4-6-10-27)41-35(47)32-17-18-38-42(32)2/h7-8,11-18,27,31,34,45H,3-6,9-10,19-25H2,1-2H3,(H,39,48)(H,40,46)(H,41,47)/t31?,34-/m0/s1. The van der Waals surface area contributed by atoms with E-state index in [0.717, 1.165) is 48.8 Å². The number of carbonyl (C=O) groups excluding carboxylic acids is 4. The highest BCUT2D eigenvalue weighted by molar-refractivity contribution is 6.00. The molecule has 3 aromatic rings. The molecule has 0 bridgehead atoms. The molecular formula is C37H49N7O5. The van der Waals surface area contributed by atoms with E-state index in [9.17, 15) is 24.3 Å². The van der Waals surface area contributed by atoms with Crippen molar-refractivity contribution in [2.75, 3.05) is 31.5 Å². The molecule has 2 aromatic carbocycles. The number of nitrogens with one attached hydrogen (secondary N) is 3. The van der Waals surface area contributed by atoms with Gasteiger partial charge in [0.1, 0.15) is 17.8 Å². The third-order valence-electron chi connectivity index (χ3n) is 9.73. The fourth-order valence-corrected chi connectivity index (χ4v) is 6.81. The van der Waals surface area contributed by atoms with Gasteiger partial charge in [-0.25, -0.2) is 0 Å². The van der Waals surface area contributed by atoms with Gasteiger partial charge in [0.15, 0.2) is 0 Å². The van der Waals surface area contributed by atoms with Gasteiger partial charge in [-0.05, 0) is 53.6 Å². The number of amides is 4. The topological polar surface area (TPSA) is 149 Å². The van der Waals surface area contributed by atoms with Crippen LogP contribution in [0.1, 0.15) is 72.6 Å². The molecule has 12 heteroatoms. The summed E-state index contributed by atoms with van der Waals surface area (Å²) < 4.78 is 1.49. The Morgan fingerprint density at radius 2 is 1.59 bits per heavy atom. The van der Waals surface area contributed by atoms with E-state index in [1.54, 1.807) is 38.4 Å². The van der Waals surface area contributed by atoms with Gasteiger partial charge in [-0.15, -0.1) is 0 Å². The quantitative estimate of drug-likeness (QED) is 0.218. The zero-order valence-electron chi connectivity index (χ0n) is 28.6. The van der Waals surface area contributed by atoms with Gasteiger partial charge in [0.2, 0.25) is 17.7 Å². The van der Waals surface area contributed by atoms with Crippen LogP contribution in [0, 0.1) is 5.92 Å². The SMILES string of the molecule is CCC(=O)NC(Cc1ccc(NC(=O)[C@@H](NC(=O)c2ccnn2C)C2CCCCC2)cc1)C(=O)N1CCN(Cc2ccccc2CO)CC1. The molecular weight excluding hydrogens is 622 g/mol. The third kappa shape index (κ3) is 9.54. The summed E-state index contributed by atoms with van der Waals surface area (Å²) in [6.45, 7) is 4.93. The lowest BCUT2D eigenvalue weighted by Crippen LogP contribution is -2.55. The number of carbonyl (C=O) groups is 4. The number of anilines is 1. The maximum absolute atomic E-state index is 13.7. The lowest BCUT2D eigenvalue weighted by Gasteiger charge is -2.37. The van der Waals surface area contributed by atoms with Crippen molar-refractivity contribution in [2.45, 2.75) is 77.1 Å². The number of aryl methyl sites for hydroxylation is 1. The van der Waals surface area contributed by atoms with Gasteiger partial charge in [0.25, 0.3) is 5.91 Å². The van der Waals surface area contributed by atoms with Gasteiger partial charge < -0.3 is 26.0 Å². The molecule has 0 radical (unpaired) electrons. The Labute approximate surface area is 288 Å². The second-order valence-corrected chi connectivity index (χ2v) is 13.1. The van der Waals surface area contributed by atoms with Crippen LogP contribution in [0.3, 0.4) is 0 Å². The van der Waals surface area contributed by atoms with Crippen molar-refractivity contribution in [2.24, 2.45) is 13.0 Å². The molecule has 2 atom stereocenters. The number of piperazine rings is 1. The highest BCUT2D eigenvalue weighted by Crippen LogP contribution is 2.28. The predicted molar refractivity (Wildman–Crippen MR) is 186 cm³/mol. The summed E-state index contributed by atoms with van der Waals surface area (Å²) in [4.78, 5) is 56.9. The summed E-state index contributed by atoms with van der Waals surface area (Å²) in [6, 6.07) is 15.4. The second kappa shape index (κ2) is 17.2. The maximum atomic E-state index is 13.7. The summed E-state index contributed by atoms with van der Waals surface area (Å²) in [7, 11) is 1.69. The largest absolute Gasteiger partial charge is 0.392 e. The van der Waals surface area contributed by atoms with Crippen molar-refractivity contribution < 1.29 is 24.3 Å². The predicted octanol–water partition coefficient (Wildman–Crippen LogP) is 3.01. The molecule has 1 saturated heterocycles. The van der Waals surface area contributed by atoms with Crippen LogP contribution in [0.2, 0.25) is 0 Å². The number of hydrogen-bond acceptors (Lipinski definition) is 7. The molecule has 1 aliphatic heterocycles. The van der Waals surface area contributed by atoms with E-state index in [1.165, 1.54) is 4.68 Å². The highest BCUT2D eigenvalue weighted by Gasteiger charge is 2.32. The summed E-state index contributed by atoms with van der Waals surface area (Å²) in [5.74, 6) is -0.869. The molecule has 1 saturated carbocycles. The number of hydrogen-bond donors (Lipinski definition) is 4. The van der Waals surface area contributed by atoms with Crippen molar-refractivity contribution in [3.63, 3.8) is 0 Å². The normalized spacial score (nSPS) is 16.8. The van der Waals surface area contributed by atoms with Crippen molar-refractivity contribution in [1.29, 1.82) is 0 Å². The fourth-order valence-electron chi connectivity index (χ4n) is 6.81. The Kier molecular flexibility index (Phi) is 12.6. The van der Waals surface area contributed by atoms with E-state index in [0.29, 0.717) is 50.5 Å². The molecule has 12 nitrogen and oxygen atoms in total. The van der Waals surface area contributed by atoms with Gasteiger partial charge in [0, 0.05) is 64.5 Å². The minimum absolute atomic E-state index is 0.00719. The number of aliphatic hydroxyl groups is 1. The first-order valence-corrected chi connectivity index (χ1v) is 17.4. The zero-order valence-corrected chi connectivity index (χ0v) is 28.6. The molecule has 2 heterocycles. The monoisotopic (exact) mass is 671 g/mol. The van der Waals surface area contributed by atoms with Gasteiger partial charge >= 0.3 is 0 Å². The smallest absolute Gasteiger partial charge is 0.270 e. The van der Waals surface area contributed by atoms with Crippen molar-refractivity contribution in [1.82, 2.24) is 30.2 Å². The molecule has 2 fully saturated rings. The van der Waals surface area contributed by atoms with Crippen LogP contribution in [0.4, 0.5) is 5.69 Å². The summed E-state index contributed by atoms with van der Waals surface area (Å²) >= 11 is 0. The first-order valence-electron chi connectivity index (χ1n) is 17.4. The van der Waals surface area contributed by atoms with E-state index in [4.69, 9.17) is 0 Å². The zero-order chi connectivity index (χ0) is 34.8. The lowest BCUT2D eigenvalue weighted by atomic mass is 9.83. The Morgan fingerprint density at radius 3 is 2.22 bits per heavy atom. The molecule has 4 N–H and O–H groups in total. The Balaban J connectivity index is 1.20. The minimum atomic E-state index is -0.715. The van der Waals surface area contributed by atoms with Gasteiger partial charge in [0.05, 0.1) is 6.61 Å². The van der Waals surface area contributed by atoms with Gasteiger partial charge in [-0.2, -0.15) is 5.10 Å². The average Bonchev–Trinajstić information content (AvgIpc) is 3.57. The molecule has 262 valence electrons. The van der Waals surface area contributed by atoms with Gasteiger partial charge in [-0.1, -0.05) is 62.6 Å². The van der Waals surface area contributed by atoms with Crippen molar-refractivity contribution >= 4 is 29.3 Å². The highest BCUT2D eigenvalue weighted by atomic mass is 16.3. The molecule has 1 unspecified atom stereocenters. The second-order valence-electron chi connectivity index (χ2n) is 13.1.